The summed E-state index contributed by atoms with van der Waals surface area (Å²) in [6.45, 7) is 4.10. The molecule has 4 heteroatoms. The van der Waals surface area contributed by atoms with E-state index in [1.54, 1.807) is 6.33 Å². The topological polar surface area (TPSA) is 56.2 Å². The number of aliphatic imine (C=N–C) groups is 1. The largest absolute Gasteiger partial charge is 0.397 e. The Morgan fingerprint density at radius 3 is 2.93 bits per heavy atom. The van der Waals surface area contributed by atoms with Gasteiger partial charge in [0.2, 0.25) is 0 Å². The minimum absolute atomic E-state index is 0.282. The maximum Gasteiger partial charge on any atom is 0.161 e. The molecular weight excluding hydrogens is 176 g/mol. The van der Waals surface area contributed by atoms with Crippen molar-refractivity contribution >= 4 is 17.7 Å². The molecule has 4 nitrogen and oxygen atoms in total. The van der Waals surface area contributed by atoms with Gasteiger partial charge in [-0.3, -0.25) is 0 Å². The Bertz CT molecular complexity index is 425. The van der Waals surface area contributed by atoms with Gasteiger partial charge in [-0.2, -0.15) is 0 Å². The van der Waals surface area contributed by atoms with Gasteiger partial charge in [-0.1, -0.05) is 6.92 Å². The number of aromatic nitrogens is 2. The van der Waals surface area contributed by atoms with Crippen LogP contribution < -0.4 is 5.73 Å². The van der Waals surface area contributed by atoms with Crippen molar-refractivity contribution in [1.82, 2.24) is 9.55 Å². The second-order valence-electron chi connectivity index (χ2n) is 3.69. The lowest BCUT2D eigenvalue weighted by molar-refractivity contribution is 0.903. The normalized spacial score (nSPS) is 20.9. The summed E-state index contributed by atoms with van der Waals surface area (Å²) in [5, 5.41) is 0. The average molecular weight is 190 g/mol. The van der Waals surface area contributed by atoms with Crippen LogP contribution in [-0.2, 0) is 7.05 Å². The third-order valence-corrected chi connectivity index (χ3v) is 2.69. The smallest absolute Gasteiger partial charge is 0.161 e. The molecule has 1 atom stereocenters. The van der Waals surface area contributed by atoms with Crippen molar-refractivity contribution in [3.8, 4) is 0 Å². The first-order valence-corrected chi connectivity index (χ1v) is 4.63. The lowest BCUT2D eigenvalue weighted by atomic mass is 10.0. The molecule has 0 amide bonds. The molecule has 0 unspecified atom stereocenters. The molecule has 74 valence electrons. The molecule has 14 heavy (non-hydrogen) atoms. The Hall–Kier alpha value is -1.58. The zero-order chi connectivity index (χ0) is 10.3. The van der Waals surface area contributed by atoms with Gasteiger partial charge in [0, 0.05) is 19.2 Å². The monoisotopic (exact) mass is 190 g/mol. The van der Waals surface area contributed by atoms with Crippen LogP contribution in [0.5, 0.6) is 0 Å². The quantitative estimate of drug-likeness (QED) is 0.673. The molecule has 0 fully saturated rings. The fourth-order valence-corrected chi connectivity index (χ4v) is 1.49. The second-order valence-corrected chi connectivity index (χ2v) is 3.69. The van der Waals surface area contributed by atoms with Crippen LogP contribution in [-0.4, -0.2) is 15.8 Å². The molecule has 2 N–H and O–H groups in total. The van der Waals surface area contributed by atoms with Crippen LogP contribution in [0.2, 0.25) is 0 Å². The Kier molecular flexibility index (Phi) is 1.91. The molecule has 2 heterocycles. The first-order valence-electron chi connectivity index (χ1n) is 4.63. The highest BCUT2D eigenvalue weighted by Crippen LogP contribution is 2.28. The van der Waals surface area contributed by atoms with Crippen LogP contribution in [0.3, 0.4) is 0 Å². The molecule has 1 aromatic rings. The number of imidazole rings is 1. The van der Waals surface area contributed by atoms with Crippen LogP contribution >= 0.6 is 0 Å². The first-order chi connectivity index (χ1) is 6.61. The van der Waals surface area contributed by atoms with Crippen molar-refractivity contribution in [2.24, 2.45) is 23.7 Å². The Morgan fingerprint density at radius 2 is 2.21 bits per heavy atom. The minimum Gasteiger partial charge on any atom is -0.397 e. The summed E-state index contributed by atoms with van der Waals surface area (Å²) in [5.74, 6) is 1.12. The maximum atomic E-state index is 6.02. The SMILES string of the molecule is CC1=C(N)c2ncn(C)c2N=C[C@@H]1C. The number of allylic oxidation sites excluding steroid dienone is 1. The molecule has 1 aliphatic rings. The molecular formula is C10H14N4. The number of rotatable bonds is 0. The van der Waals surface area contributed by atoms with Crippen molar-refractivity contribution in [1.29, 1.82) is 0 Å². The third-order valence-electron chi connectivity index (χ3n) is 2.69. The van der Waals surface area contributed by atoms with Crippen LogP contribution in [0.4, 0.5) is 5.82 Å². The van der Waals surface area contributed by atoms with Gasteiger partial charge in [0.05, 0.1) is 12.0 Å². The van der Waals surface area contributed by atoms with Gasteiger partial charge in [-0.25, -0.2) is 9.98 Å². The zero-order valence-electron chi connectivity index (χ0n) is 8.65. The standard InChI is InChI=1S/C10H14N4/c1-6-4-12-10-9(8(11)7(6)2)13-5-14(10)3/h4-6H,11H2,1-3H3/t6-/m0/s1. The second kappa shape index (κ2) is 2.97. The molecule has 0 bridgehead atoms. The summed E-state index contributed by atoms with van der Waals surface area (Å²) in [7, 11) is 1.92. The highest BCUT2D eigenvalue weighted by molar-refractivity contribution is 5.81. The maximum absolute atomic E-state index is 6.02. The number of nitrogens with zero attached hydrogens (tertiary/aromatic N) is 3. The molecule has 0 spiro atoms. The summed E-state index contributed by atoms with van der Waals surface area (Å²) in [4.78, 5) is 8.63. The number of hydrogen-bond acceptors (Lipinski definition) is 3. The van der Waals surface area contributed by atoms with E-state index in [4.69, 9.17) is 5.73 Å². The van der Waals surface area contributed by atoms with Crippen molar-refractivity contribution in [2.75, 3.05) is 0 Å². The third kappa shape index (κ3) is 1.14. The predicted molar refractivity (Wildman–Crippen MR) is 57.3 cm³/mol. The highest BCUT2D eigenvalue weighted by atomic mass is 15.1. The zero-order valence-corrected chi connectivity index (χ0v) is 8.65. The van der Waals surface area contributed by atoms with E-state index in [1.165, 1.54) is 0 Å². The Morgan fingerprint density at radius 1 is 1.50 bits per heavy atom. The number of fused-ring (bicyclic) bond motifs is 1. The summed E-state index contributed by atoms with van der Waals surface area (Å²) in [5.41, 5.74) is 8.70. The molecule has 0 saturated heterocycles. The van der Waals surface area contributed by atoms with E-state index in [0.717, 1.165) is 22.8 Å². The van der Waals surface area contributed by atoms with Crippen LogP contribution in [0, 0.1) is 5.92 Å². The van der Waals surface area contributed by atoms with E-state index in [2.05, 4.69) is 16.9 Å². The van der Waals surface area contributed by atoms with Gasteiger partial charge in [0.1, 0.15) is 5.69 Å². The molecule has 2 rings (SSSR count). The van der Waals surface area contributed by atoms with Crippen LogP contribution in [0.1, 0.15) is 19.5 Å². The highest BCUT2D eigenvalue weighted by Gasteiger charge is 2.17. The molecule has 0 radical (unpaired) electrons. The van der Waals surface area contributed by atoms with E-state index in [-0.39, 0.29) is 5.92 Å². The molecule has 1 aliphatic heterocycles. The van der Waals surface area contributed by atoms with Crippen molar-refractivity contribution in [3.63, 3.8) is 0 Å². The fraction of sp³-hybridized carbons (Fsp3) is 0.400. The Balaban J connectivity index is 2.67. The van der Waals surface area contributed by atoms with Crippen LogP contribution in [0.15, 0.2) is 16.9 Å². The number of aryl methyl sites for hydroxylation is 1. The van der Waals surface area contributed by atoms with E-state index < -0.39 is 0 Å². The molecule has 0 aliphatic carbocycles. The lowest BCUT2D eigenvalue weighted by Crippen LogP contribution is -2.05. The average Bonchev–Trinajstić information content (AvgIpc) is 2.49. The Labute approximate surface area is 83.2 Å². The van der Waals surface area contributed by atoms with E-state index in [0.29, 0.717) is 0 Å². The summed E-state index contributed by atoms with van der Waals surface area (Å²) < 4.78 is 1.88. The molecule has 0 saturated carbocycles. The molecule has 0 aromatic carbocycles. The van der Waals surface area contributed by atoms with Gasteiger partial charge < -0.3 is 10.3 Å². The summed E-state index contributed by atoms with van der Waals surface area (Å²) in [6.07, 6.45) is 3.65. The van der Waals surface area contributed by atoms with Crippen LogP contribution in [0.25, 0.3) is 5.70 Å². The van der Waals surface area contributed by atoms with E-state index >= 15 is 0 Å². The summed E-state index contributed by atoms with van der Waals surface area (Å²) in [6, 6.07) is 0. The predicted octanol–water partition coefficient (Wildman–Crippen LogP) is 1.46. The van der Waals surface area contributed by atoms with Gasteiger partial charge >= 0.3 is 0 Å². The van der Waals surface area contributed by atoms with Gasteiger partial charge in [-0.05, 0) is 12.5 Å². The number of nitrogens with two attached hydrogens (primary N) is 1. The minimum atomic E-state index is 0.282. The van der Waals surface area contributed by atoms with Crippen molar-refractivity contribution < 1.29 is 0 Å². The van der Waals surface area contributed by atoms with E-state index in [9.17, 15) is 0 Å². The van der Waals surface area contributed by atoms with Crippen molar-refractivity contribution in [2.45, 2.75) is 13.8 Å². The van der Waals surface area contributed by atoms with Crippen molar-refractivity contribution in [3.05, 3.63) is 17.6 Å². The van der Waals surface area contributed by atoms with E-state index in [1.807, 2.05) is 24.8 Å². The lowest BCUT2D eigenvalue weighted by Gasteiger charge is -2.06. The molecule has 1 aromatic heterocycles. The number of hydrogen-bond donors (Lipinski definition) is 1. The fourth-order valence-electron chi connectivity index (χ4n) is 1.49. The van der Waals surface area contributed by atoms with Gasteiger partial charge in [0.25, 0.3) is 0 Å². The van der Waals surface area contributed by atoms with Gasteiger partial charge in [0.15, 0.2) is 5.82 Å². The summed E-state index contributed by atoms with van der Waals surface area (Å²) >= 11 is 0. The van der Waals surface area contributed by atoms with Gasteiger partial charge in [-0.15, -0.1) is 0 Å². The first kappa shape index (κ1) is 8.99.